The molecule has 0 aliphatic carbocycles. The predicted molar refractivity (Wildman–Crippen MR) is 75.2 cm³/mol. The van der Waals surface area contributed by atoms with Gasteiger partial charge >= 0.3 is 0 Å². The molecule has 0 amide bonds. The molecule has 0 aromatic rings. The van der Waals surface area contributed by atoms with E-state index in [0.29, 0.717) is 0 Å². The smallest absolute Gasteiger partial charge is 0.184 e. The lowest BCUT2D eigenvalue weighted by atomic mass is 9.90. The normalized spacial score (nSPS) is 51.7. The molecule has 0 bridgehead atoms. The van der Waals surface area contributed by atoms with Crippen LogP contribution in [0.1, 0.15) is 13.8 Å². The van der Waals surface area contributed by atoms with Gasteiger partial charge in [-0.3, -0.25) is 0 Å². The van der Waals surface area contributed by atoms with Crippen molar-refractivity contribution < 1.29 is 44.8 Å². The van der Waals surface area contributed by atoms with Crippen LogP contribution >= 0.6 is 0 Å². The van der Waals surface area contributed by atoms with Crippen molar-refractivity contribution in [1.82, 2.24) is 0 Å². The molecule has 0 unspecified atom stereocenters. The van der Waals surface area contributed by atoms with Crippen molar-refractivity contribution in [2.24, 2.45) is 5.92 Å². The molecular formula is C14H26O9. The fourth-order valence-corrected chi connectivity index (χ4v) is 2.98. The van der Waals surface area contributed by atoms with E-state index in [1.165, 1.54) is 0 Å². The van der Waals surface area contributed by atoms with Gasteiger partial charge in [0.15, 0.2) is 6.29 Å². The first kappa shape index (κ1) is 19.0. The lowest BCUT2D eigenvalue weighted by Crippen LogP contribution is -2.62. The van der Waals surface area contributed by atoms with Gasteiger partial charge in [0.1, 0.15) is 36.6 Å². The van der Waals surface area contributed by atoms with Gasteiger partial charge in [-0.1, -0.05) is 6.92 Å². The Labute approximate surface area is 134 Å². The summed E-state index contributed by atoms with van der Waals surface area (Å²) >= 11 is 0. The molecule has 9 nitrogen and oxygen atoms in total. The molecule has 0 aromatic heterocycles. The second kappa shape index (κ2) is 7.68. The highest BCUT2D eigenvalue weighted by Crippen LogP contribution is 2.30. The van der Waals surface area contributed by atoms with Crippen LogP contribution in [0.4, 0.5) is 0 Å². The Morgan fingerprint density at radius 3 is 1.96 bits per heavy atom. The van der Waals surface area contributed by atoms with Crippen molar-refractivity contribution in [2.75, 3.05) is 13.2 Å². The summed E-state index contributed by atoms with van der Waals surface area (Å²) in [4.78, 5) is 0. The number of ether oxygens (including phenoxy) is 3. The maximum Gasteiger partial charge on any atom is 0.184 e. The first-order chi connectivity index (χ1) is 10.8. The van der Waals surface area contributed by atoms with E-state index < -0.39 is 74.3 Å². The van der Waals surface area contributed by atoms with Crippen LogP contribution in [-0.4, -0.2) is 99.0 Å². The van der Waals surface area contributed by atoms with Crippen LogP contribution in [0.5, 0.6) is 0 Å². The van der Waals surface area contributed by atoms with Gasteiger partial charge in [0, 0.05) is 5.92 Å². The molecule has 0 aromatic carbocycles. The summed E-state index contributed by atoms with van der Waals surface area (Å²) < 4.78 is 16.3. The topological polar surface area (TPSA) is 149 Å². The largest absolute Gasteiger partial charge is 0.394 e. The van der Waals surface area contributed by atoms with E-state index in [1.54, 1.807) is 13.8 Å². The molecule has 0 saturated carbocycles. The zero-order chi connectivity index (χ0) is 17.3. The summed E-state index contributed by atoms with van der Waals surface area (Å²) in [5.41, 5.74) is 0. The Morgan fingerprint density at radius 2 is 1.39 bits per heavy atom. The van der Waals surface area contributed by atoms with Crippen molar-refractivity contribution in [3.8, 4) is 0 Å². The van der Waals surface area contributed by atoms with Gasteiger partial charge < -0.3 is 44.8 Å². The molecule has 2 heterocycles. The van der Waals surface area contributed by atoms with Crippen LogP contribution in [0.3, 0.4) is 0 Å². The molecule has 136 valence electrons. The van der Waals surface area contributed by atoms with Gasteiger partial charge in [0.25, 0.3) is 0 Å². The molecule has 0 radical (unpaired) electrons. The van der Waals surface area contributed by atoms with Crippen LogP contribution in [0.2, 0.25) is 0 Å². The zero-order valence-corrected chi connectivity index (χ0v) is 13.1. The lowest BCUT2D eigenvalue weighted by Gasteiger charge is -2.46. The van der Waals surface area contributed by atoms with Crippen LogP contribution in [0.25, 0.3) is 0 Å². The van der Waals surface area contributed by atoms with Crippen molar-refractivity contribution in [3.63, 3.8) is 0 Å². The molecule has 2 aliphatic rings. The van der Waals surface area contributed by atoms with Crippen molar-refractivity contribution in [2.45, 2.75) is 69.0 Å². The average molecular weight is 338 g/mol. The van der Waals surface area contributed by atoms with Gasteiger partial charge in [-0.2, -0.15) is 0 Å². The van der Waals surface area contributed by atoms with E-state index in [-0.39, 0.29) is 0 Å². The lowest BCUT2D eigenvalue weighted by molar-refractivity contribution is -0.334. The summed E-state index contributed by atoms with van der Waals surface area (Å²) in [6.07, 6.45) is -9.77. The summed E-state index contributed by atoms with van der Waals surface area (Å²) in [6.45, 7) is 2.21. The molecule has 23 heavy (non-hydrogen) atoms. The Hall–Kier alpha value is -0.360. The molecule has 2 saturated heterocycles. The molecule has 10 atom stereocenters. The average Bonchev–Trinajstić information content (AvgIpc) is 2.55. The van der Waals surface area contributed by atoms with Crippen LogP contribution in [0, 0.1) is 5.92 Å². The van der Waals surface area contributed by atoms with E-state index >= 15 is 0 Å². The molecule has 9 heteroatoms. The fourth-order valence-electron chi connectivity index (χ4n) is 2.98. The molecule has 2 rings (SSSR count). The van der Waals surface area contributed by atoms with Gasteiger partial charge in [-0.05, 0) is 6.92 Å². The highest BCUT2D eigenvalue weighted by Gasteiger charge is 2.48. The van der Waals surface area contributed by atoms with Crippen molar-refractivity contribution >= 4 is 0 Å². The first-order valence-corrected chi connectivity index (χ1v) is 7.72. The third-order valence-electron chi connectivity index (χ3n) is 4.62. The predicted octanol–water partition coefficient (Wildman–Crippen LogP) is -3.05. The van der Waals surface area contributed by atoms with E-state index in [0.717, 1.165) is 0 Å². The fraction of sp³-hybridized carbons (Fsp3) is 1.00. The van der Waals surface area contributed by atoms with Crippen LogP contribution in [-0.2, 0) is 14.2 Å². The van der Waals surface area contributed by atoms with Gasteiger partial charge in [-0.15, -0.1) is 0 Å². The van der Waals surface area contributed by atoms with Crippen LogP contribution < -0.4 is 0 Å². The van der Waals surface area contributed by atoms with E-state index in [1.807, 2.05) is 0 Å². The Bertz CT molecular complexity index is 377. The Balaban J connectivity index is 2.11. The number of aliphatic hydroxyl groups excluding tert-OH is 6. The standard InChI is InChI=1S/C14H26O9/c1-5-9(17)7(3-15)22-14(10(5)18)23-13-8(4-16)21-6(2)11(19)12(13)20/h5-20H,3-4H2,1-2H3/t5-,6+,7+,8+,9-,10-,11+,12+,13+,14+/m0/s1. The monoisotopic (exact) mass is 338 g/mol. The zero-order valence-electron chi connectivity index (χ0n) is 13.1. The maximum atomic E-state index is 10.2. The van der Waals surface area contributed by atoms with Crippen LogP contribution in [0.15, 0.2) is 0 Å². The maximum absolute atomic E-state index is 10.2. The summed E-state index contributed by atoms with van der Waals surface area (Å²) in [7, 11) is 0. The number of rotatable bonds is 4. The SMILES string of the molecule is C[C@@H]1[C@H](O)[C@@H](O[C@H]2[C@H](O)[C@H](O)[C@@H](C)O[C@@H]2CO)O[C@H](CO)[C@H]1O. The Morgan fingerprint density at radius 1 is 0.783 bits per heavy atom. The summed E-state index contributed by atoms with van der Waals surface area (Å²) in [5.74, 6) is -0.635. The molecule has 2 aliphatic heterocycles. The molecule has 6 N–H and O–H groups in total. The highest BCUT2D eigenvalue weighted by molar-refractivity contribution is 4.93. The first-order valence-electron chi connectivity index (χ1n) is 7.72. The Kier molecular flexibility index (Phi) is 6.34. The summed E-state index contributed by atoms with van der Waals surface area (Å²) in [5, 5.41) is 58.8. The summed E-state index contributed by atoms with van der Waals surface area (Å²) in [6, 6.07) is 0. The van der Waals surface area contributed by atoms with E-state index in [4.69, 9.17) is 14.2 Å². The quantitative estimate of drug-likeness (QED) is 0.314. The minimum absolute atomic E-state index is 0.455. The molecule has 0 spiro atoms. The van der Waals surface area contributed by atoms with Gasteiger partial charge in [-0.25, -0.2) is 0 Å². The van der Waals surface area contributed by atoms with Crippen molar-refractivity contribution in [3.05, 3.63) is 0 Å². The third-order valence-corrected chi connectivity index (χ3v) is 4.62. The number of hydrogen-bond acceptors (Lipinski definition) is 9. The van der Waals surface area contributed by atoms with Crippen molar-refractivity contribution in [1.29, 1.82) is 0 Å². The number of aliphatic hydroxyl groups is 6. The number of hydrogen-bond donors (Lipinski definition) is 6. The third kappa shape index (κ3) is 3.68. The molecule has 2 fully saturated rings. The second-order valence-electron chi connectivity index (χ2n) is 6.21. The van der Waals surface area contributed by atoms with E-state index in [9.17, 15) is 30.6 Å². The molecular weight excluding hydrogens is 312 g/mol. The highest BCUT2D eigenvalue weighted by atomic mass is 16.7. The minimum Gasteiger partial charge on any atom is -0.394 e. The van der Waals surface area contributed by atoms with E-state index in [2.05, 4.69) is 0 Å². The minimum atomic E-state index is -1.35. The van der Waals surface area contributed by atoms with Gasteiger partial charge in [0.05, 0.1) is 25.4 Å². The van der Waals surface area contributed by atoms with Gasteiger partial charge in [0.2, 0.25) is 0 Å². The second-order valence-corrected chi connectivity index (χ2v) is 6.21.